The van der Waals surface area contributed by atoms with Crippen LogP contribution in [-0.2, 0) is 19.2 Å². The minimum Gasteiger partial charge on any atom is -0.481 e. The number of nitrogens with one attached hydrogen (secondary N) is 1. The molecule has 1 aromatic heterocycles. The smallest absolute Gasteiger partial charge is 0.407 e. The summed E-state index contributed by atoms with van der Waals surface area (Å²) in [5.74, 6) is -4.16. The Hall–Kier alpha value is -5.15. The van der Waals surface area contributed by atoms with E-state index in [0.29, 0.717) is 18.5 Å². The highest BCUT2D eigenvalue weighted by molar-refractivity contribution is 5.96. The normalized spacial score (nSPS) is 17.3. The van der Waals surface area contributed by atoms with Crippen molar-refractivity contribution in [3.05, 3.63) is 42.1 Å². The zero-order chi connectivity index (χ0) is 31.1. The van der Waals surface area contributed by atoms with Crippen molar-refractivity contribution in [2.24, 2.45) is 0 Å². The number of aliphatic carboxylic acids is 2. The summed E-state index contributed by atoms with van der Waals surface area (Å²) in [6.45, 7) is 0.0870. The first-order chi connectivity index (χ1) is 20.5. The van der Waals surface area contributed by atoms with Gasteiger partial charge in [0.1, 0.15) is 12.1 Å². The molecule has 2 aliphatic rings. The molecule has 0 spiro atoms. The van der Waals surface area contributed by atoms with Crippen LogP contribution in [0.5, 0.6) is 5.88 Å². The number of likely N-dealkylation sites (tertiary alicyclic amines) is 1. The van der Waals surface area contributed by atoms with Crippen LogP contribution in [0.1, 0.15) is 36.2 Å². The topological polar surface area (TPSA) is 212 Å². The molecule has 3 heterocycles. The van der Waals surface area contributed by atoms with E-state index >= 15 is 0 Å². The van der Waals surface area contributed by atoms with E-state index in [2.05, 4.69) is 10.4 Å². The first kappa shape index (κ1) is 30.8. The summed E-state index contributed by atoms with van der Waals surface area (Å²) in [7, 11) is 0. The molecule has 4 N–H and O–H groups in total. The van der Waals surface area contributed by atoms with E-state index in [1.165, 1.54) is 20.5 Å². The van der Waals surface area contributed by atoms with Crippen LogP contribution in [0.25, 0.3) is 5.69 Å². The molecule has 0 radical (unpaired) electrons. The van der Waals surface area contributed by atoms with Crippen LogP contribution in [-0.4, -0.2) is 127 Å². The fraction of sp³-hybridized carbons (Fsp3) is 0.444. The minimum absolute atomic E-state index is 0.00831. The molecule has 2 fully saturated rings. The van der Waals surface area contributed by atoms with Gasteiger partial charge in [-0.2, -0.15) is 5.10 Å². The lowest BCUT2D eigenvalue weighted by Crippen LogP contribution is -2.55. The van der Waals surface area contributed by atoms with Gasteiger partial charge in [0, 0.05) is 45.2 Å². The van der Waals surface area contributed by atoms with Crippen LogP contribution in [0, 0.1) is 0 Å². The number of carboxylic acids is 2. The summed E-state index contributed by atoms with van der Waals surface area (Å²) < 4.78 is 6.99. The predicted molar refractivity (Wildman–Crippen MR) is 146 cm³/mol. The summed E-state index contributed by atoms with van der Waals surface area (Å²) >= 11 is 0. The van der Waals surface area contributed by atoms with Crippen molar-refractivity contribution >= 4 is 35.8 Å². The molecule has 4 amide bonds. The summed E-state index contributed by atoms with van der Waals surface area (Å²) in [4.78, 5) is 77.0. The number of rotatable bonds is 11. The first-order valence-corrected chi connectivity index (χ1v) is 13.6. The number of piperazine rings is 1. The van der Waals surface area contributed by atoms with Gasteiger partial charge in [-0.1, -0.05) is 18.2 Å². The fourth-order valence-electron chi connectivity index (χ4n) is 4.97. The second kappa shape index (κ2) is 13.7. The number of carbonyl (C=O) groups is 6. The lowest BCUT2D eigenvalue weighted by Gasteiger charge is -2.35. The molecular formula is C27H32N6O10. The summed E-state index contributed by atoms with van der Waals surface area (Å²) in [5.41, 5.74) is 0.308. The number of carboxylic acid groups (broad SMARTS) is 3. The van der Waals surface area contributed by atoms with Crippen molar-refractivity contribution in [1.82, 2.24) is 29.8 Å². The standard InChI is InChI=1S/C27H32N6O10/c34-21(32-10-4-7-20(32)26(39)40)16-43-22-15-19(29-33(22)17-5-2-1-3-6-17)24(37)28-18(8-9-23(35)36)25(38)30-11-13-31(14-12-30)27(41)42/h1-3,5-6,15,18,20H,4,7-14,16H2,(H,28,37)(H,35,36)(H,39,40)(H,41,42)/t18-,20-/m0/s1. The zero-order valence-electron chi connectivity index (χ0n) is 23.1. The molecule has 0 aliphatic carbocycles. The van der Waals surface area contributed by atoms with Crippen LogP contribution in [0.3, 0.4) is 0 Å². The van der Waals surface area contributed by atoms with E-state index in [9.17, 15) is 39.0 Å². The Labute approximate surface area is 245 Å². The van der Waals surface area contributed by atoms with Gasteiger partial charge >= 0.3 is 18.0 Å². The molecule has 2 atom stereocenters. The van der Waals surface area contributed by atoms with Crippen molar-refractivity contribution in [1.29, 1.82) is 0 Å². The molecule has 230 valence electrons. The third-order valence-corrected chi connectivity index (χ3v) is 7.22. The van der Waals surface area contributed by atoms with Gasteiger partial charge in [-0.25, -0.2) is 14.3 Å². The molecule has 2 aromatic rings. The zero-order valence-corrected chi connectivity index (χ0v) is 23.1. The summed E-state index contributed by atoms with van der Waals surface area (Å²) in [5, 5.41) is 34.6. The number of carbonyl (C=O) groups excluding carboxylic acids is 3. The Morgan fingerprint density at radius 2 is 1.63 bits per heavy atom. The largest absolute Gasteiger partial charge is 0.481 e. The quantitative estimate of drug-likeness (QED) is 0.272. The Bertz CT molecular complexity index is 1370. The lowest BCUT2D eigenvalue weighted by molar-refractivity contribution is -0.149. The van der Waals surface area contributed by atoms with Crippen molar-refractivity contribution in [3.8, 4) is 11.6 Å². The number of benzene rings is 1. The first-order valence-electron chi connectivity index (χ1n) is 13.6. The van der Waals surface area contributed by atoms with Crippen molar-refractivity contribution < 1.29 is 48.8 Å². The Morgan fingerprint density at radius 3 is 2.26 bits per heavy atom. The molecule has 1 aromatic carbocycles. The molecule has 0 unspecified atom stereocenters. The lowest BCUT2D eigenvalue weighted by atomic mass is 10.1. The van der Waals surface area contributed by atoms with Crippen LogP contribution >= 0.6 is 0 Å². The molecule has 4 rings (SSSR count). The Balaban J connectivity index is 1.51. The molecular weight excluding hydrogens is 568 g/mol. The number of aromatic nitrogens is 2. The van der Waals surface area contributed by atoms with Gasteiger partial charge in [0.2, 0.25) is 11.8 Å². The number of nitrogens with zero attached hydrogens (tertiary/aromatic N) is 5. The predicted octanol–water partition coefficient (Wildman–Crippen LogP) is 0.112. The molecule has 43 heavy (non-hydrogen) atoms. The third-order valence-electron chi connectivity index (χ3n) is 7.22. The molecule has 2 saturated heterocycles. The maximum atomic E-state index is 13.3. The van der Waals surface area contributed by atoms with Crippen molar-refractivity contribution in [2.75, 3.05) is 39.3 Å². The average molecular weight is 601 g/mol. The summed E-state index contributed by atoms with van der Waals surface area (Å²) in [6, 6.07) is 7.66. The van der Waals surface area contributed by atoms with E-state index < -0.39 is 60.9 Å². The number of hydrogen-bond acceptors (Lipinski definition) is 8. The van der Waals surface area contributed by atoms with E-state index in [0.717, 1.165) is 4.90 Å². The highest BCUT2D eigenvalue weighted by Crippen LogP contribution is 2.22. The molecule has 16 heteroatoms. The number of amides is 4. The fourth-order valence-corrected chi connectivity index (χ4v) is 4.97. The van der Waals surface area contributed by atoms with Gasteiger partial charge in [0.15, 0.2) is 12.3 Å². The maximum Gasteiger partial charge on any atom is 0.407 e. The highest BCUT2D eigenvalue weighted by atomic mass is 16.5. The summed E-state index contributed by atoms with van der Waals surface area (Å²) in [6.07, 6.45) is -0.847. The van der Waals surface area contributed by atoms with E-state index in [4.69, 9.17) is 9.84 Å². The second-order valence-corrected chi connectivity index (χ2v) is 10.0. The minimum atomic E-state index is -1.23. The Kier molecular flexibility index (Phi) is 9.80. The van der Waals surface area contributed by atoms with Crippen LogP contribution in [0.2, 0.25) is 0 Å². The van der Waals surface area contributed by atoms with E-state index in [1.54, 1.807) is 30.3 Å². The van der Waals surface area contributed by atoms with Gasteiger partial charge in [-0.3, -0.25) is 19.2 Å². The number of para-hydroxylation sites is 1. The molecule has 0 bridgehead atoms. The van der Waals surface area contributed by atoms with Gasteiger partial charge in [-0.05, 0) is 31.4 Å². The molecule has 2 aliphatic heterocycles. The maximum absolute atomic E-state index is 13.3. The number of hydrogen-bond donors (Lipinski definition) is 4. The van der Waals surface area contributed by atoms with Gasteiger partial charge in [0.25, 0.3) is 11.8 Å². The highest BCUT2D eigenvalue weighted by Gasteiger charge is 2.35. The SMILES string of the molecule is O=C(O)CC[C@H](NC(=O)c1cc(OCC(=O)N2CCC[C@H]2C(=O)O)n(-c2ccccc2)n1)C(=O)N1CCN(C(=O)O)CC1. The van der Waals surface area contributed by atoms with Gasteiger partial charge in [-0.15, -0.1) is 0 Å². The third kappa shape index (κ3) is 7.58. The second-order valence-electron chi connectivity index (χ2n) is 10.0. The molecule has 0 saturated carbocycles. The van der Waals surface area contributed by atoms with Crippen LogP contribution < -0.4 is 10.1 Å². The van der Waals surface area contributed by atoms with Crippen molar-refractivity contribution in [3.63, 3.8) is 0 Å². The van der Waals surface area contributed by atoms with E-state index in [1.807, 2.05) is 0 Å². The molecule has 16 nitrogen and oxygen atoms in total. The average Bonchev–Trinajstić information content (AvgIpc) is 3.66. The van der Waals surface area contributed by atoms with Crippen molar-refractivity contribution in [2.45, 2.75) is 37.8 Å². The van der Waals surface area contributed by atoms with Gasteiger partial charge in [0.05, 0.1) is 5.69 Å². The monoisotopic (exact) mass is 600 g/mol. The van der Waals surface area contributed by atoms with Crippen LogP contribution in [0.4, 0.5) is 4.79 Å². The van der Waals surface area contributed by atoms with Gasteiger partial charge < -0.3 is 40.1 Å². The number of ether oxygens (including phenoxy) is 1. The Morgan fingerprint density at radius 1 is 0.953 bits per heavy atom. The van der Waals surface area contributed by atoms with E-state index in [-0.39, 0.29) is 50.7 Å². The van der Waals surface area contributed by atoms with Crippen LogP contribution in [0.15, 0.2) is 36.4 Å².